The maximum atomic E-state index is 11.7. The van der Waals surface area contributed by atoms with Gasteiger partial charge in [0.25, 0.3) is 0 Å². The van der Waals surface area contributed by atoms with Gasteiger partial charge in [0.05, 0.1) is 59.5 Å². The molecule has 0 aromatic carbocycles. The Morgan fingerprint density at radius 1 is 0.867 bits per heavy atom. The summed E-state index contributed by atoms with van der Waals surface area (Å²) in [7, 11) is 0. The number of carbonyl (C=O) groups excluding carboxylic acids is 1. The van der Waals surface area contributed by atoms with Gasteiger partial charge in [-0.05, 0) is 32.3 Å². The summed E-state index contributed by atoms with van der Waals surface area (Å²) in [6.45, 7) is 4.08. The Hall–Kier alpha value is 0.230. The molecule has 0 bridgehead atoms. The number of rotatable bonds is 23. The normalized spacial score (nSPS) is 13.3. The SMILES string of the molecule is CSCCOCCOCCOCCOCCC(=O)NCCCCCCOP(C)([O-])=S. The van der Waals surface area contributed by atoms with Crippen LogP contribution in [0.25, 0.3) is 0 Å². The van der Waals surface area contributed by atoms with Gasteiger partial charge in [-0.3, -0.25) is 4.79 Å². The molecule has 11 heteroatoms. The first kappa shape index (κ1) is 30.2. The molecule has 0 heterocycles. The minimum absolute atomic E-state index is 0.00886. The molecule has 1 atom stereocenters. The first-order chi connectivity index (χ1) is 14.5. The van der Waals surface area contributed by atoms with Crippen LogP contribution in [0.2, 0.25) is 0 Å². The number of hydrogen-bond donors (Lipinski definition) is 1. The average Bonchev–Trinajstić information content (AvgIpc) is 2.69. The van der Waals surface area contributed by atoms with Crippen LogP contribution in [-0.4, -0.2) is 90.6 Å². The van der Waals surface area contributed by atoms with Gasteiger partial charge in [-0.15, -0.1) is 0 Å². The summed E-state index contributed by atoms with van der Waals surface area (Å²) in [5, 5.41) is 2.87. The van der Waals surface area contributed by atoms with Gasteiger partial charge in [-0.25, -0.2) is 0 Å². The molecule has 0 rings (SSSR count). The summed E-state index contributed by atoms with van der Waals surface area (Å²) >= 11 is 6.45. The fourth-order valence-corrected chi connectivity index (χ4v) is 3.16. The zero-order valence-corrected chi connectivity index (χ0v) is 21.0. The highest BCUT2D eigenvalue weighted by Crippen LogP contribution is 2.31. The van der Waals surface area contributed by atoms with Crippen LogP contribution in [0.1, 0.15) is 32.1 Å². The fraction of sp³-hybridized carbons (Fsp3) is 0.947. The first-order valence-electron chi connectivity index (χ1n) is 10.5. The lowest BCUT2D eigenvalue weighted by Gasteiger charge is -2.22. The molecule has 0 aromatic rings. The predicted molar refractivity (Wildman–Crippen MR) is 124 cm³/mol. The van der Waals surface area contributed by atoms with Crippen molar-refractivity contribution in [3.8, 4) is 0 Å². The van der Waals surface area contributed by atoms with Gasteiger partial charge in [0, 0.05) is 18.7 Å². The number of carbonyl (C=O) groups is 1. The van der Waals surface area contributed by atoms with Gasteiger partial charge in [0.15, 0.2) is 0 Å². The molecule has 0 spiro atoms. The molecule has 8 nitrogen and oxygen atoms in total. The van der Waals surface area contributed by atoms with E-state index in [4.69, 9.17) is 23.5 Å². The Kier molecular flexibility index (Phi) is 22.6. The van der Waals surface area contributed by atoms with Crippen LogP contribution in [-0.2, 0) is 40.1 Å². The molecule has 0 aliphatic carbocycles. The Labute approximate surface area is 191 Å². The molecule has 1 N–H and O–H groups in total. The third kappa shape index (κ3) is 26.3. The van der Waals surface area contributed by atoms with E-state index in [-0.39, 0.29) is 5.91 Å². The minimum Gasteiger partial charge on any atom is -0.801 e. The Balaban J connectivity index is 3.19. The topological polar surface area (TPSA) is 98.3 Å². The standard InChI is InChI=1S/C19H40NO7PS2/c1-28(22,29)27-9-6-4-3-5-8-20-19(21)7-10-23-11-12-24-13-14-25-15-16-26-17-18-30-2/h3-18H2,1-2H3,(H,20,21)(H,22,29)/p-1. The van der Waals surface area contributed by atoms with Crippen molar-refractivity contribution < 1.29 is 33.2 Å². The van der Waals surface area contributed by atoms with E-state index in [9.17, 15) is 9.69 Å². The second-order valence-electron chi connectivity index (χ2n) is 6.56. The molecule has 0 radical (unpaired) electrons. The summed E-state index contributed by atoms with van der Waals surface area (Å²) in [6.07, 6.45) is 6.08. The van der Waals surface area contributed by atoms with Crippen molar-refractivity contribution in [3.63, 3.8) is 0 Å². The Morgan fingerprint density at radius 2 is 1.40 bits per heavy atom. The van der Waals surface area contributed by atoms with Crippen LogP contribution in [0.15, 0.2) is 0 Å². The highest BCUT2D eigenvalue weighted by atomic mass is 32.5. The summed E-state index contributed by atoms with van der Waals surface area (Å²) in [4.78, 5) is 22.9. The number of hydrogen-bond acceptors (Lipinski definition) is 9. The Morgan fingerprint density at radius 3 is 1.97 bits per heavy atom. The van der Waals surface area contributed by atoms with Crippen molar-refractivity contribution in [3.05, 3.63) is 0 Å². The second kappa shape index (κ2) is 22.4. The zero-order chi connectivity index (χ0) is 22.3. The molecule has 1 amide bonds. The zero-order valence-electron chi connectivity index (χ0n) is 18.4. The first-order valence-corrected chi connectivity index (χ1v) is 14.9. The predicted octanol–water partition coefficient (Wildman–Crippen LogP) is 1.80. The molecule has 0 aliphatic heterocycles. The van der Waals surface area contributed by atoms with Crippen molar-refractivity contribution >= 4 is 36.0 Å². The summed E-state index contributed by atoms with van der Waals surface area (Å²) in [5.74, 6) is 0.994. The van der Waals surface area contributed by atoms with Crippen molar-refractivity contribution in [1.82, 2.24) is 5.32 Å². The highest BCUT2D eigenvalue weighted by Gasteiger charge is 2.01. The number of nitrogens with one attached hydrogen (secondary N) is 1. The molecular weight excluding hydrogens is 449 g/mol. The summed E-state index contributed by atoms with van der Waals surface area (Å²) < 4.78 is 26.6. The number of amides is 1. The van der Waals surface area contributed by atoms with E-state index in [1.165, 1.54) is 6.66 Å². The number of thioether (sulfide) groups is 1. The molecule has 0 aromatic heterocycles. The summed E-state index contributed by atoms with van der Waals surface area (Å²) in [6, 6.07) is 0. The van der Waals surface area contributed by atoms with Gasteiger partial charge in [-0.1, -0.05) is 24.6 Å². The largest absolute Gasteiger partial charge is 0.801 e. The van der Waals surface area contributed by atoms with Crippen molar-refractivity contribution in [1.29, 1.82) is 0 Å². The van der Waals surface area contributed by atoms with Crippen LogP contribution in [0.4, 0.5) is 0 Å². The van der Waals surface area contributed by atoms with Crippen molar-refractivity contribution in [2.24, 2.45) is 0 Å². The molecule has 180 valence electrons. The maximum Gasteiger partial charge on any atom is 0.222 e. The smallest absolute Gasteiger partial charge is 0.222 e. The molecule has 0 saturated carbocycles. The second-order valence-corrected chi connectivity index (χ2v) is 11.3. The third-order valence-electron chi connectivity index (χ3n) is 3.74. The fourth-order valence-electron chi connectivity index (χ4n) is 2.20. The van der Waals surface area contributed by atoms with Crippen LogP contribution in [0.5, 0.6) is 0 Å². The third-order valence-corrected chi connectivity index (χ3v) is 5.28. The van der Waals surface area contributed by atoms with Gasteiger partial charge in [0.2, 0.25) is 5.91 Å². The summed E-state index contributed by atoms with van der Waals surface area (Å²) in [5.41, 5.74) is 0. The molecular formula is C19H39NO7PS2-. The van der Waals surface area contributed by atoms with Crippen LogP contribution >= 0.6 is 18.3 Å². The quantitative estimate of drug-likeness (QED) is 0.170. The lowest BCUT2D eigenvalue weighted by atomic mass is 10.2. The van der Waals surface area contributed by atoms with Gasteiger partial charge < -0.3 is 33.7 Å². The van der Waals surface area contributed by atoms with E-state index in [1.807, 2.05) is 0 Å². The van der Waals surface area contributed by atoms with E-state index < -0.39 is 6.49 Å². The van der Waals surface area contributed by atoms with E-state index in [2.05, 4.69) is 23.4 Å². The molecule has 30 heavy (non-hydrogen) atoms. The monoisotopic (exact) mass is 488 g/mol. The van der Waals surface area contributed by atoms with E-state index in [0.717, 1.165) is 38.0 Å². The lowest BCUT2D eigenvalue weighted by molar-refractivity contribution is -0.180. The average molecular weight is 489 g/mol. The maximum absolute atomic E-state index is 11.7. The minimum atomic E-state index is -2.77. The number of unbranched alkanes of at least 4 members (excludes halogenated alkanes) is 3. The van der Waals surface area contributed by atoms with Gasteiger partial charge in [-0.2, -0.15) is 11.8 Å². The van der Waals surface area contributed by atoms with Gasteiger partial charge in [0.1, 0.15) is 0 Å². The molecule has 0 fully saturated rings. The van der Waals surface area contributed by atoms with Crippen molar-refractivity contribution in [2.75, 3.05) is 84.7 Å². The van der Waals surface area contributed by atoms with Gasteiger partial charge >= 0.3 is 0 Å². The van der Waals surface area contributed by atoms with E-state index in [0.29, 0.717) is 65.8 Å². The van der Waals surface area contributed by atoms with Crippen LogP contribution < -0.4 is 10.2 Å². The highest BCUT2D eigenvalue weighted by molar-refractivity contribution is 8.08. The molecule has 1 unspecified atom stereocenters. The van der Waals surface area contributed by atoms with Crippen LogP contribution in [0, 0.1) is 0 Å². The molecule has 0 aliphatic rings. The molecule has 0 saturated heterocycles. The van der Waals surface area contributed by atoms with Crippen LogP contribution in [0.3, 0.4) is 0 Å². The number of ether oxygens (including phenoxy) is 4. The van der Waals surface area contributed by atoms with E-state index >= 15 is 0 Å². The lowest BCUT2D eigenvalue weighted by Crippen LogP contribution is -2.25. The Bertz CT molecular complexity index is 441. The van der Waals surface area contributed by atoms with Crippen molar-refractivity contribution in [2.45, 2.75) is 32.1 Å². The van der Waals surface area contributed by atoms with E-state index in [1.54, 1.807) is 11.8 Å².